The van der Waals surface area contributed by atoms with Crippen LogP contribution >= 0.6 is 0 Å². The number of para-hydroxylation sites is 1. The lowest BCUT2D eigenvalue weighted by atomic mass is 10.1. The minimum Gasteiger partial charge on any atom is -0.481 e. The fraction of sp³-hybridized carbons (Fsp3) is 0.235. The van der Waals surface area contributed by atoms with Gasteiger partial charge in [-0.1, -0.05) is 18.2 Å². The average molecular weight is 281 g/mol. The summed E-state index contributed by atoms with van der Waals surface area (Å²) in [7, 11) is 3.73. The third-order valence-electron chi connectivity index (χ3n) is 3.91. The van der Waals surface area contributed by atoms with E-state index in [1.54, 1.807) is 13.3 Å². The molecule has 4 nitrogen and oxygen atoms in total. The van der Waals surface area contributed by atoms with Crippen molar-refractivity contribution in [2.45, 2.75) is 13.5 Å². The van der Waals surface area contributed by atoms with Crippen molar-refractivity contribution in [1.29, 1.82) is 0 Å². The van der Waals surface area contributed by atoms with Crippen molar-refractivity contribution in [3.63, 3.8) is 0 Å². The third kappa shape index (κ3) is 2.44. The van der Waals surface area contributed by atoms with Crippen molar-refractivity contribution in [1.82, 2.24) is 9.55 Å². The number of rotatable bonds is 4. The lowest BCUT2D eigenvalue weighted by Crippen LogP contribution is -2.06. The van der Waals surface area contributed by atoms with E-state index in [0.29, 0.717) is 5.88 Å². The number of pyridine rings is 1. The number of nitrogens with one attached hydrogen (secondary N) is 1. The van der Waals surface area contributed by atoms with Crippen LogP contribution in [0.25, 0.3) is 10.9 Å². The molecule has 1 N–H and O–H groups in total. The zero-order valence-electron chi connectivity index (χ0n) is 12.6. The number of hydrogen-bond donors (Lipinski definition) is 1. The molecule has 0 amide bonds. The van der Waals surface area contributed by atoms with Crippen LogP contribution in [0.5, 0.6) is 5.88 Å². The molecule has 0 unspecified atom stereocenters. The highest BCUT2D eigenvalue weighted by Crippen LogP contribution is 2.25. The van der Waals surface area contributed by atoms with Gasteiger partial charge in [-0.05, 0) is 24.6 Å². The number of benzene rings is 1. The van der Waals surface area contributed by atoms with E-state index in [4.69, 9.17) is 4.74 Å². The van der Waals surface area contributed by atoms with Crippen LogP contribution in [0.15, 0.2) is 42.6 Å². The van der Waals surface area contributed by atoms with Crippen LogP contribution in [-0.4, -0.2) is 16.7 Å². The van der Waals surface area contributed by atoms with Crippen molar-refractivity contribution in [3.8, 4) is 5.88 Å². The van der Waals surface area contributed by atoms with E-state index in [2.05, 4.69) is 53.1 Å². The Balaban J connectivity index is 1.84. The van der Waals surface area contributed by atoms with Gasteiger partial charge < -0.3 is 14.6 Å². The summed E-state index contributed by atoms with van der Waals surface area (Å²) >= 11 is 0. The SMILES string of the molecule is COc1ccc(NCc2c(C)c3ccccc3n2C)cn1. The van der Waals surface area contributed by atoms with Crippen molar-refractivity contribution in [2.24, 2.45) is 7.05 Å². The molecule has 0 fully saturated rings. The largest absolute Gasteiger partial charge is 0.481 e. The smallest absolute Gasteiger partial charge is 0.213 e. The Kier molecular flexibility index (Phi) is 3.52. The Morgan fingerprint density at radius 2 is 2.00 bits per heavy atom. The van der Waals surface area contributed by atoms with Crippen molar-refractivity contribution in [2.75, 3.05) is 12.4 Å². The molecule has 108 valence electrons. The summed E-state index contributed by atoms with van der Waals surface area (Å²) < 4.78 is 7.31. The number of ether oxygens (including phenoxy) is 1. The number of anilines is 1. The highest BCUT2D eigenvalue weighted by Gasteiger charge is 2.10. The number of methoxy groups -OCH3 is 1. The van der Waals surface area contributed by atoms with E-state index >= 15 is 0 Å². The van der Waals surface area contributed by atoms with Crippen LogP contribution in [0.4, 0.5) is 5.69 Å². The summed E-state index contributed by atoms with van der Waals surface area (Å²) in [4.78, 5) is 4.21. The lowest BCUT2D eigenvalue weighted by Gasteiger charge is -2.09. The molecule has 0 aliphatic heterocycles. The average Bonchev–Trinajstić information content (AvgIpc) is 2.78. The highest BCUT2D eigenvalue weighted by atomic mass is 16.5. The summed E-state index contributed by atoms with van der Waals surface area (Å²) in [5.74, 6) is 0.626. The van der Waals surface area contributed by atoms with Crippen molar-refractivity contribution >= 4 is 16.6 Å². The Morgan fingerprint density at radius 3 is 2.67 bits per heavy atom. The van der Waals surface area contributed by atoms with Crippen LogP contribution in [0.1, 0.15) is 11.3 Å². The Morgan fingerprint density at radius 1 is 1.19 bits per heavy atom. The molecule has 2 heterocycles. The number of aromatic nitrogens is 2. The van der Waals surface area contributed by atoms with Gasteiger partial charge in [0.25, 0.3) is 0 Å². The fourth-order valence-electron chi connectivity index (χ4n) is 2.68. The predicted molar refractivity (Wildman–Crippen MR) is 85.8 cm³/mol. The van der Waals surface area contributed by atoms with Gasteiger partial charge in [-0.3, -0.25) is 0 Å². The van der Waals surface area contributed by atoms with Gasteiger partial charge in [0.15, 0.2) is 0 Å². The maximum Gasteiger partial charge on any atom is 0.213 e. The normalized spacial score (nSPS) is 10.8. The summed E-state index contributed by atoms with van der Waals surface area (Å²) in [6.07, 6.45) is 1.79. The van der Waals surface area contributed by atoms with E-state index in [9.17, 15) is 0 Å². The van der Waals surface area contributed by atoms with Gasteiger partial charge in [0, 0.05) is 29.7 Å². The van der Waals surface area contributed by atoms with Crippen LogP contribution in [-0.2, 0) is 13.6 Å². The van der Waals surface area contributed by atoms with Gasteiger partial charge in [-0.15, -0.1) is 0 Å². The third-order valence-corrected chi connectivity index (χ3v) is 3.91. The lowest BCUT2D eigenvalue weighted by molar-refractivity contribution is 0.398. The molecule has 0 saturated carbocycles. The zero-order chi connectivity index (χ0) is 14.8. The number of fused-ring (bicyclic) bond motifs is 1. The first-order valence-corrected chi connectivity index (χ1v) is 6.97. The second kappa shape index (κ2) is 5.48. The molecule has 3 rings (SSSR count). The molecule has 0 atom stereocenters. The van der Waals surface area contributed by atoms with Gasteiger partial charge in [0.1, 0.15) is 0 Å². The van der Waals surface area contributed by atoms with Crippen molar-refractivity contribution < 1.29 is 4.74 Å². The first-order valence-electron chi connectivity index (χ1n) is 6.97. The quantitative estimate of drug-likeness (QED) is 0.795. The summed E-state index contributed by atoms with van der Waals surface area (Å²) in [6.45, 7) is 2.94. The minimum absolute atomic E-state index is 0.626. The van der Waals surface area contributed by atoms with Crippen LogP contribution in [0, 0.1) is 6.92 Å². The minimum atomic E-state index is 0.626. The molecule has 0 radical (unpaired) electrons. The Bertz CT molecular complexity index is 721. The standard InChI is InChI=1S/C17H19N3O/c1-12-14-6-4-5-7-15(14)20(2)16(12)11-18-13-8-9-17(21-3)19-10-13/h4-10,18H,11H2,1-3H3. The van der Waals surface area contributed by atoms with E-state index in [0.717, 1.165) is 12.2 Å². The Labute approximate surface area is 124 Å². The molecular formula is C17H19N3O. The van der Waals surface area contributed by atoms with E-state index < -0.39 is 0 Å². The zero-order valence-corrected chi connectivity index (χ0v) is 12.6. The molecule has 1 aromatic carbocycles. The Hall–Kier alpha value is -2.49. The number of hydrogen-bond acceptors (Lipinski definition) is 3. The van der Waals surface area contributed by atoms with E-state index in [1.165, 1.54) is 22.2 Å². The molecule has 0 saturated heterocycles. The second-order valence-electron chi connectivity index (χ2n) is 5.09. The molecule has 0 bridgehead atoms. The van der Waals surface area contributed by atoms with Gasteiger partial charge in [0.05, 0.1) is 25.5 Å². The maximum absolute atomic E-state index is 5.07. The fourth-order valence-corrected chi connectivity index (χ4v) is 2.68. The van der Waals surface area contributed by atoms with E-state index in [-0.39, 0.29) is 0 Å². The molecule has 0 aliphatic rings. The summed E-state index contributed by atoms with van der Waals surface area (Å²) in [5.41, 5.74) is 4.86. The maximum atomic E-state index is 5.07. The van der Waals surface area contributed by atoms with Crippen LogP contribution in [0.3, 0.4) is 0 Å². The van der Waals surface area contributed by atoms with E-state index in [1.807, 2.05) is 12.1 Å². The van der Waals surface area contributed by atoms with Crippen LogP contribution in [0.2, 0.25) is 0 Å². The summed E-state index contributed by atoms with van der Waals surface area (Å²) in [5, 5.41) is 4.73. The predicted octanol–water partition coefficient (Wildman–Crippen LogP) is 3.50. The molecule has 3 aromatic rings. The molecule has 2 aromatic heterocycles. The second-order valence-corrected chi connectivity index (χ2v) is 5.09. The first-order chi connectivity index (χ1) is 10.2. The topological polar surface area (TPSA) is 39.1 Å². The van der Waals surface area contributed by atoms with Crippen molar-refractivity contribution in [3.05, 3.63) is 53.9 Å². The van der Waals surface area contributed by atoms with Gasteiger partial charge in [-0.2, -0.15) is 0 Å². The highest BCUT2D eigenvalue weighted by molar-refractivity contribution is 5.85. The molecule has 4 heteroatoms. The monoisotopic (exact) mass is 281 g/mol. The molecular weight excluding hydrogens is 262 g/mol. The number of nitrogens with zero attached hydrogens (tertiary/aromatic N) is 2. The summed E-state index contributed by atoms with van der Waals surface area (Å²) in [6, 6.07) is 12.3. The number of aryl methyl sites for hydroxylation is 2. The van der Waals surface area contributed by atoms with Gasteiger partial charge in [-0.25, -0.2) is 4.98 Å². The first kappa shape index (κ1) is 13.5. The molecule has 0 spiro atoms. The molecule has 21 heavy (non-hydrogen) atoms. The van der Waals surface area contributed by atoms with Gasteiger partial charge in [0.2, 0.25) is 5.88 Å². The molecule has 0 aliphatic carbocycles. The van der Waals surface area contributed by atoms with Crippen LogP contribution < -0.4 is 10.1 Å². The van der Waals surface area contributed by atoms with Gasteiger partial charge >= 0.3 is 0 Å².